The number of nitrogens with zero attached hydrogens (tertiary/aromatic N) is 3. The summed E-state index contributed by atoms with van der Waals surface area (Å²) in [6.45, 7) is 5.24. The van der Waals surface area contributed by atoms with Gasteiger partial charge in [0.25, 0.3) is 0 Å². The fraction of sp³-hybridized carbons (Fsp3) is 0.182. The molecule has 0 aliphatic rings. The molecule has 0 fully saturated rings. The van der Waals surface area contributed by atoms with Crippen LogP contribution >= 0.6 is 11.3 Å². The molecule has 0 saturated heterocycles. The minimum Gasteiger partial charge on any atom is -0.495 e. The monoisotopic (exact) mass is 436 g/mol. The minimum atomic E-state index is -0.250. The molecule has 0 bridgehead atoms. The second-order valence-electron chi connectivity index (χ2n) is 6.68. The number of rotatable bonds is 4. The zero-order valence-corrected chi connectivity index (χ0v) is 18.2. The summed E-state index contributed by atoms with van der Waals surface area (Å²) in [5.41, 5.74) is 3.62. The van der Waals surface area contributed by atoms with Crippen molar-refractivity contribution < 1.29 is 9.53 Å². The number of fused-ring (bicyclic) bond motifs is 1. The zero-order valence-electron chi connectivity index (χ0n) is 17.4. The highest BCUT2D eigenvalue weighted by atomic mass is 32.1. The van der Waals surface area contributed by atoms with Crippen LogP contribution < -0.4 is 10.3 Å². The number of Topliss-reactive ketones (excluding diaryl/α,β-unsaturated/α-hetero) is 1. The van der Waals surface area contributed by atoms with Gasteiger partial charge in [0.05, 0.1) is 22.3 Å². The Labute approximate surface area is 181 Å². The smallest absolute Gasteiger partial charge is 0.248 e. The Kier molecular flexibility index (Phi) is 6.66. The maximum atomic E-state index is 11.7. The highest BCUT2D eigenvalue weighted by molar-refractivity contribution is 7.18. The second-order valence-corrected chi connectivity index (χ2v) is 7.92. The number of ketones is 1. The topological polar surface area (TPSA) is 114 Å². The third kappa shape index (κ3) is 5.07. The lowest BCUT2D eigenvalue weighted by Gasteiger charge is -2.11. The lowest BCUT2D eigenvalue weighted by Crippen LogP contribution is -2.07. The summed E-state index contributed by atoms with van der Waals surface area (Å²) in [5.74, 6) is 0.400. The van der Waals surface area contributed by atoms with Crippen molar-refractivity contribution in [2.45, 2.75) is 20.8 Å². The van der Waals surface area contributed by atoms with Gasteiger partial charge in [-0.3, -0.25) is 14.6 Å². The van der Waals surface area contributed by atoms with Crippen LogP contribution in [0.25, 0.3) is 21.3 Å². The number of nitrogens with one attached hydrogen (secondary N) is 1. The van der Waals surface area contributed by atoms with Gasteiger partial charge < -0.3 is 9.72 Å². The van der Waals surface area contributed by atoms with Crippen molar-refractivity contribution in [1.29, 1.82) is 0 Å². The number of hydrogen-bond donors (Lipinski definition) is 1. The van der Waals surface area contributed by atoms with Crippen molar-refractivity contribution >= 4 is 33.0 Å². The van der Waals surface area contributed by atoms with Crippen LogP contribution in [0.2, 0.25) is 0 Å². The highest BCUT2D eigenvalue weighted by Gasteiger charge is 2.14. The van der Waals surface area contributed by atoms with Gasteiger partial charge in [-0.25, -0.2) is 4.98 Å². The van der Waals surface area contributed by atoms with E-state index in [2.05, 4.69) is 20.1 Å². The van der Waals surface area contributed by atoms with Gasteiger partial charge in [0.2, 0.25) is 5.56 Å². The molecule has 0 unspecified atom stereocenters. The van der Waals surface area contributed by atoms with Crippen molar-refractivity contribution in [2.24, 2.45) is 5.18 Å². The standard InChI is InChI=1S/C14H14N2O3.C8H6N2OS/c1-8-4-10(12(6-15-8)9(2)17)11-5-14(18)16-7-13(11)19-3;1-5-9-7-3-2-6(10-11)4-8(7)12-5/h4-7H,1-3H3,(H,16,18);2-4H,1H3. The molecule has 9 heteroatoms. The first-order chi connectivity index (χ1) is 14.8. The first-order valence-electron chi connectivity index (χ1n) is 9.27. The second kappa shape index (κ2) is 9.40. The molecule has 1 aromatic carbocycles. The zero-order chi connectivity index (χ0) is 22.5. The highest BCUT2D eigenvalue weighted by Crippen LogP contribution is 2.31. The number of carbonyl (C=O) groups excluding carboxylic acids is 1. The van der Waals surface area contributed by atoms with E-state index in [0.717, 1.165) is 20.9 Å². The number of carbonyl (C=O) groups is 1. The first kappa shape index (κ1) is 22.0. The van der Waals surface area contributed by atoms with Crippen LogP contribution in [0.15, 0.2) is 52.7 Å². The number of aromatic amines is 1. The molecule has 31 heavy (non-hydrogen) atoms. The number of aryl methyl sites for hydroxylation is 2. The van der Waals surface area contributed by atoms with Gasteiger partial charge >= 0.3 is 0 Å². The van der Waals surface area contributed by atoms with E-state index in [1.54, 1.807) is 29.5 Å². The molecule has 0 aliphatic carbocycles. The third-order valence-electron chi connectivity index (χ3n) is 4.40. The van der Waals surface area contributed by atoms with E-state index < -0.39 is 0 Å². The molecule has 0 saturated carbocycles. The Bertz CT molecular complexity index is 1330. The molecule has 1 N–H and O–H groups in total. The van der Waals surface area contributed by atoms with E-state index >= 15 is 0 Å². The van der Waals surface area contributed by atoms with Gasteiger partial charge in [-0.2, -0.15) is 0 Å². The van der Waals surface area contributed by atoms with Gasteiger partial charge in [0.1, 0.15) is 11.4 Å². The average Bonchev–Trinajstić information content (AvgIpc) is 3.13. The molecular formula is C22H20N4O4S. The van der Waals surface area contributed by atoms with E-state index in [4.69, 9.17) is 4.74 Å². The Morgan fingerprint density at radius 3 is 2.61 bits per heavy atom. The van der Waals surface area contributed by atoms with Crippen LogP contribution in [0.5, 0.6) is 5.75 Å². The number of methoxy groups -OCH3 is 1. The number of benzene rings is 1. The number of H-pyrrole nitrogens is 1. The number of nitroso groups, excluding NO2 is 1. The first-order valence-corrected chi connectivity index (χ1v) is 10.1. The van der Waals surface area contributed by atoms with Crippen molar-refractivity contribution in [3.05, 3.63) is 74.3 Å². The Morgan fingerprint density at radius 1 is 1.16 bits per heavy atom. The minimum absolute atomic E-state index is 0.107. The molecule has 0 radical (unpaired) electrons. The molecule has 0 atom stereocenters. The molecule has 4 rings (SSSR count). The van der Waals surface area contributed by atoms with E-state index in [1.807, 2.05) is 19.9 Å². The normalized spacial score (nSPS) is 10.3. The van der Waals surface area contributed by atoms with Crippen molar-refractivity contribution in [1.82, 2.24) is 15.0 Å². The Hall–Kier alpha value is -3.72. The average molecular weight is 436 g/mol. The van der Waals surface area contributed by atoms with Crippen LogP contribution in [-0.4, -0.2) is 27.8 Å². The maximum absolute atomic E-state index is 11.7. The molecule has 0 amide bonds. The third-order valence-corrected chi connectivity index (χ3v) is 5.33. The molecular weight excluding hydrogens is 416 g/mol. The summed E-state index contributed by atoms with van der Waals surface area (Å²) in [6, 6.07) is 8.44. The fourth-order valence-corrected chi connectivity index (χ4v) is 3.85. The summed E-state index contributed by atoms with van der Waals surface area (Å²) in [4.78, 5) is 44.3. The lowest BCUT2D eigenvalue weighted by atomic mass is 9.99. The largest absolute Gasteiger partial charge is 0.495 e. The van der Waals surface area contributed by atoms with E-state index in [1.165, 1.54) is 32.5 Å². The van der Waals surface area contributed by atoms with Crippen molar-refractivity contribution in [3.8, 4) is 16.9 Å². The molecule has 0 aliphatic heterocycles. The molecule has 4 aromatic rings. The summed E-state index contributed by atoms with van der Waals surface area (Å²) < 4.78 is 6.25. The quantitative estimate of drug-likeness (QED) is 0.357. The van der Waals surface area contributed by atoms with Crippen molar-refractivity contribution in [3.63, 3.8) is 0 Å². The lowest BCUT2D eigenvalue weighted by molar-refractivity contribution is 0.101. The summed E-state index contributed by atoms with van der Waals surface area (Å²) >= 11 is 1.57. The number of pyridine rings is 2. The van der Waals surface area contributed by atoms with Gasteiger partial charge in [0, 0.05) is 35.3 Å². The predicted molar refractivity (Wildman–Crippen MR) is 121 cm³/mol. The number of hydrogen-bond acceptors (Lipinski definition) is 8. The summed E-state index contributed by atoms with van der Waals surface area (Å²) in [6.07, 6.45) is 3.00. The predicted octanol–water partition coefficient (Wildman–Crippen LogP) is 4.96. The molecule has 0 spiro atoms. The number of aromatic nitrogens is 3. The Balaban J connectivity index is 0.000000194. The van der Waals surface area contributed by atoms with Gasteiger partial charge in [-0.15, -0.1) is 16.2 Å². The number of ether oxygens (including phenoxy) is 1. The van der Waals surface area contributed by atoms with Crippen LogP contribution in [0.4, 0.5) is 5.69 Å². The molecule has 3 aromatic heterocycles. The maximum Gasteiger partial charge on any atom is 0.248 e. The van der Waals surface area contributed by atoms with Crippen LogP contribution in [0, 0.1) is 18.8 Å². The fourth-order valence-electron chi connectivity index (χ4n) is 2.99. The van der Waals surface area contributed by atoms with Crippen LogP contribution in [0.1, 0.15) is 28.0 Å². The van der Waals surface area contributed by atoms with E-state index in [-0.39, 0.29) is 11.3 Å². The summed E-state index contributed by atoms with van der Waals surface area (Å²) in [5, 5.41) is 3.87. The molecule has 3 heterocycles. The Morgan fingerprint density at radius 2 is 1.94 bits per heavy atom. The SMILES string of the molecule is COc1c[nH]c(=O)cc1-c1cc(C)ncc1C(C)=O.Cc1nc2ccc(N=O)cc2s1. The van der Waals surface area contributed by atoms with Crippen LogP contribution in [-0.2, 0) is 0 Å². The summed E-state index contributed by atoms with van der Waals surface area (Å²) in [7, 11) is 1.51. The van der Waals surface area contributed by atoms with Gasteiger partial charge in [0.15, 0.2) is 5.78 Å². The number of thiazole rings is 1. The van der Waals surface area contributed by atoms with E-state index in [9.17, 15) is 14.5 Å². The van der Waals surface area contributed by atoms with Gasteiger partial charge in [-0.1, -0.05) is 0 Å². The van der Waals surface area contributed by atoms with Gasteiger partial charge in [-0.05, 0) is 55.8 Å². The van der Waals surface area contributed by atoms with Crippen LogP contribution in [0.3, 0.4) is 0 Å². The van der Waals surface area contributed by atoms with Crippen molar-refractivity contribution in [2.75, 3.05) is 7.11 Å². The van der Waals surface area contributed by atoms with E-state index in [0.29, 0.717) is 28.1 Å². The molecule has 8 nitrogen and oxygen atoms in total. The molecule has 158 valence electrons.